The van der Waals surface area contributed by atoms with E-state index in [1.165, 1.54) is 16.6 Å². The summed E-state index contributed by atoms with van der Waals surface area (Å²) < 4.78 is 15.2. The summed E-state index contributed by atoms with van der Waals surface area (Å²) in [6.45, 7) is 1.80. The van der Waals surface area contributed by atoms with Crippen LogP contribution in [0.25, 0.3) is 16.6 Å². The molecule has 4 aromatic rings. The molecule has 3 N–H and O–H groups in total. The van der Waals surface area contributed by atoms with Gasteiger partial charge in [-0.2, -0.15) is 0 Å². The fourth-order valence-electron chi connectivity index (χ4n) is 3.08. The molecule has 8 nitrogen and oxygen atoms in total. The third-order valence-electron chi connectivity index (χ3n) is 4.47. The van der Waals surface area contributed by atoms with Gasteiger partial charge in [-0.1, -0.05) is 29.5 Å². The largest absolute Gasteiger partial charge is 0.476 e. The van der Waals surface area contributed by atoms with Crippen LogP contribution < -0.4 is 10.6 Å². The Bertz CT molecular complexity index is 1270. The van der Waals surface area contributed by atoms with Crippen molar-refractivity contribution in [1.82, 2.24) is 14.8 Å². The first-order valence-corrected chi connectivity index (χ1v) is 8.94. The lowest BCUT2D eigenvalue weighted by Crippen LogP contribution is -2.20. The molecule has 0 radical (unpaired) electrons. The standard InChI is InChI=1S/C21H16FN5O3/c1-12-4-9-16(22)17(11-12)24-21(30)23-14-7-5-13(6-8-14)15-3-2-10-27-19(15)18(20(28)29)25-26-27/h2-11H,1H3,(H,28,29)(H2,23,24,30). The molecule has 0 aliphatic rings. The first-order valence-electron chi connectivity index (χ1n) is 8.94. The predicted octanol–water partition coefficient (Wildman–Crippen LogP) is 4.19. The Labute approximate surface area is 170 Å². The number of hydrogen-bond acceptors (Lipinski definition) is 4. The Balaban J connectivity index is 1.56. The molecule has 2 heterocycles. The maximum absolute atomic E-state index is 13.8. The molecule has 0 fully saturated rings. The van der Waals surface area contributed by atoms with Gasteiger partial charge in [0.2, 0.25) is 0 Å². The Hall–Kier alpha value is -4.27. The molecule has 150 valence electrons. The minimum Gasteiger partial charge on any atom is -0.476 e. The Morgan fingerprint density at radius 1 is 1.07 bits per heavy atom. The van der Waals surface area contributed by atoms with Gasteiger partial charge in [-0.25, -0.2) is 18.5 Å². The first kappa shape index (κ1) is 19.1. The molecule has 0 saturated carbocycles. The van der Waals surface area contributed by atoms with Crippen molar-refractivity contribution in [2.24, 2.45) is 0 Å². The Morgan fingerprint density at radius 2 is 1.83 bits per heavy atom. The highest BCUT2D eigenvalue weighted by molar-refractivity contribution is 6.01. The van der Waals surface area contributed by atoms with Crippen LogP contribution in [0.3, 0.4) is 0 Å². The van der Waals surface area contributed by atoms with Crippen LogP contribution in [0.4, 0.5) is 20.6 Å². The van der Waals surface area contributed by atoms with E-state index in [-0.39, 0.29) is 11.4 Å². The van der Waals surface area contributed by atoms with Crippen molar-refractivity contribution in [2.75, 3.05) is 10.6 Å². The van der Waals surface area contributed by atoms with Gasteiger partial charge in [0.1, 0.15) is 11.3 Å². The molecule has 0 aliphatic heterocycles. The quantitative estimate of drug-likeness (QED) is 0.472. The van der Waals surface area contributed by atoms with Gasteiger partial charge in [-0.15, -0.1) is 5.10 Å². The number of benzene rings is 2. The average molecular weight is 405 g/mol. The van der Waals surface area contributed by atoms with Crippen molar-refractivity contribution in [3.8, 4) is 11.1 Å². The molecular weight excluding hydrogens is 389 g/mol. The summed E-state index contributed by atoms with van der Waals surface area (Å²) in [7, 11) is 0. The molecular formula is C21H16FN5O3. The fourth-order valence-corrected chi connectivity index (χ4v) is 3.08. The maximum atomic E-state index is 13.8. The summed E-state index contributed by atoms with van der Waals surface area (Å²) in [5.41, 5.74) is 2.98. The Kier molecular flexibility index (Phi) is 4.85. The van der Waals surface area contributed by atoms with Gasteiger partial charge >= 0.3 is 12.0 Å². The van der Waals surface area contributed by atoms with Gasteiger partial charge in [-0.05, 0) is 48.4 Å². The van der Waals surface area contributed by atoms with Gasteiger partial charge in [0, 0.05) is 17.4 Å². The molecule has 2 aromatic carbocycles. The molecule has 0 unspecified atom stereocenters. The van der Waals surface area contributed by atoms with Crippen LogP contribution in [-0.2, 0) is 0 Å². The molecule has 2 aromatic heterocycles. The molecule has 0 spiro atoms. The number of aromatic nitrogens is 3. The summed E-state index contributed by atoms with van der Waals surface area (Å²) >= 11 is 0. The Morgan fingerprint density at radius 3 is 2.57 bits per heavy atom. The normalized spacial score (nSPS) is 10.7. The number of urea groups is 1. The van der Waals surface area contributed by atoms with Crippen LogP contribution >= 0.6 is 0 Å². The van der Waals surface area contributed by atoms with Crippen molar-refractivity contribution < 1.29 is 19.1 Å². The van der Waals surface area contributed by atoms with E-state index in [4.69, 9.17) is 0 Å². The predicted molar refractivity (Wildman–Crippen MR) is 109 cm³/mol. The molecule has 0 bridgehead atoms. The highest BCUT2D eigenvalue weighted by Crippen LogP contribution is 2.27. The number of halogens is 1. The molecule has 2 amide bonds. The number of aryl methyl sites for hydroxylation is 1. The first-order chi connectivity index (χ1) is 14.4. The molecule has 0 aliphatic carbocycles. The fraction of sp³-hybridized carbons (Fsp3) is 0.0476. The van der Waals surface area contributed by atoms with Gasteiger partial charge < -0.3 is 15.7 Å². The van der Waals surface area contributed by atoms with Crippen LogP contribution in [0.15, 0.2) is 60.8 Å². The van der Waals surface area contributed by atoms with Crippen molar-refractivity contribution in [3.63, 3.8) is 0 Å². The minimum atomic E-state index is -1.17. The third-order valence-corrected chi connectivity index (χ3v) is 4.47. The number of pyridine rings is 1. The van der Waals surface area contributed by atoms with Gasteiger partial charge in [0.05, 0.1) is 5.69 Å². The minimum absolute atomic E-state index is 0.0882. The van der Waals surface area contributed by atoms with E-state index in [1.807, 2.05) is 0 Å². The van der Waals surface area contributed by atoms with E-state index in [9.17, 15) is 19.1 Å². The number of carbonyl (C=O) groups is 2. The summed E-state index contributed by atoms with van der Waals surface area (Å²) in [5, 5.41) is 22.0. The number of nitrogens with zero attached hydrogens (tertiary/aromatic N) is 3. The average Bonchev–Trinajstić information content (AvgIpc) is 3.16. The summed E-state index contributed by atoms with van der Waals surface area (Å²) in [5.74, 6) is -1.70. The van der Waals surface area contributed by atoms with E-state index in [1.54, 1.807) is 55.6 Å². The zero-order valence-corrected chi connectivity index (χ0v) is 15.8. The SMILES string of the molecule is Cc1ccc(F)c(NC(=O)Nc2ccc(-c3cccn4nnc(C(=O)O)c34)cc2)c1. The number of carboxylic acid groups (broad SMARTS) is 1. The van der Waals surface area contributed by atoms with Crippen LogP contribution in [0, 0.1) is 12.7 Å². The van der Waals surface area contributed by atoms with Gasteiger partial charge in [0.15, 0.2) is 5.69 Å². The second-order valence-corrected chi connectivity index (χ2v) is 6.60. The number of carboxylic acids is 1. The smallest absolute Gasteiger partial charge is 0.358 e. The highest BCUT2D eigenvalue weighted by atomic mass is 19.1. The van der Waals surface area contributed by atoms with Crippen molar-refractivity contribution in [1.29, 1.82) is 0 Å². The lowest BCUT2D eigenvalue weighted by Gasteiger charge is -2.10. The van der Waals surface area contributed by atoms with Crippen LogP contribution in [0.2, 0.25) is 0 Å². The number of carbonyl (C=O) groups excluding carboxylic acids is 1. The summed E-state index contributed by atoms with van der Waals surface area (Å²) in [6.07, 6.45) is 1.61. The number of nitrogens with one attached hydrogen (secondary N) is 2. The number of anilines is 2. The second-order valence-electron chi connectivity index (χ2n) is 6.60. The third kappa shape index (κ3) is 3.68. The van der Waals surface area contributed by atoms with E-state index in [0.717, 1.165) is 11.1 Å². The molecule has 0 atom stereocenters. The van der Waals surface area contributed by atoms with Gasteiger partial charge in [-0.3, -0.25) is 0 Å². The number of fused-ring (bicyclic) bond motifs is 1. The molecule has 4 rings (SSSR count). The van der Waals surface area contributed by atoms with Crippen molar-refractivity contribution in [3.05, 3.63) is 77.9 Å². The number of aromatic carboxylic acids is 1. The molecule has 9 heteroatoms. The van der Waals surface area contributed by atoms with Crippen molar-refractivity contribution >= 4 is 28.9 Å². The summed E-state index contributed by atoms with van der Waals surface area (Å²) in [4.78, 5) is 23.6. The highest BCUT2D eigenvalue weighted by Gasteiger charge is 2.17. The van der Waals surface area contributed by atoms with E-state index in [0.29, 0.717) is 16.8 Å². The van der Waals surface area contributed by atoms with E-state index < -0.39 is 17.8 Å². The monoisotopic (exact) mass is 405 g/mol. The molecule has 30 heavy (non-hydrogen) atoms. The number of rotatable bonds is 4. The topological polar surface area (TPSA) is 109 Å². The zero-order valence-electron chi connectivity index (χ0n) is 15.8. The lowest BCUT2D eigenvalue weighted by atomic mass is 10.0. The summed E-state index contributed by atoms with van der Waals surface area (Å²) in [6, 6.07) is 14.2. The maximum Gasteiger partial charge on any atom is 0.358 e. The lowest BCUT2D eigenvalue weighted by molar-refractivity contribution is 0.0692. The van der Waals surface area contributed by atoms with Crippen LogP contribution in [-0.4, -0.2) is 31.9 Å². The van der Waals surface area contributed by atoms with Crippen LogP contribution in [0.1, 0.15) is 16.1 Å². The van der Waals surface area contributed by atoms with E-state index in [2.05, 4.69) is 20.9 Å². The van der Waals surface area contributed by atoms with Crippen LogP contribution in [0.5, 0.6) is 0 Å². The molecule has 0 saturated heterocycles. The number of amides is 2. The second kappa shape index (κ2) is 7.63. The zero-order chi connectivity index (χ0) is 21.3. The van der Waals surface area contributed by atoms with Gasteiger partial charge in [0.25, 0.3) is 0 Å². The van der Waals surface area contributed by atoms with E-state index >= 15 is 0 Å². The number of hydrogen-bond donors (Lipinski definition) is 3. The van der Waals surface area contributed by atoms with Crippen molar-refractivity contribution in [2.45, 2.75) is 6.92 Å².